The predicted molar refractivity (Wildman–Crippen MR) is 79.7 cm³/mol. The number of benzene rings is 1. The smallest absolute Gasteiger partial charge is 0.337 e. The normalized spacial score (nSPS) is 11.9. The van der Waals surface area contributed by atoms with Crippen molar-refractivity contribution in [3.8, 4) is 0 Å². The van der Waals surface area contributed by atoms with E-state index in [1.165, 1.54) is 12.3 Å². The fourth-order valence-corrected chi connectivity index (χ4v) is 2.22. The number of aromatic nitrogens is 1. The summed E-state index contributed by atoms with van der Waals surface area (Å²) < 4.78 is 0. The molecular weight excluding hydrogens is 299 g/mol. The van der Waals surface area contributed by atoms with Crippen molar-refractivity contribution < 1.29 is 9.90 Å². The zero-order chi connectivity index (χ0) is 14.7. The van der Waals surface area contributed by atoms with Crippen LogP contribution in [0.4, 0.5) is 5.82 Å². The highest BCUT2D eigenvalue weighted by Crippen LogP contribution is 2.27. The number of pyridine rings is 1. The summed E-state index contributed by atoms with van der Waals surface area (Å²) in [4.78, 5) is 15.1. The molecule has 1 heterocycles. The van der Waals surface area contributed by atoms with Crippen LogP contribution >= 0.6 is 23.2 Å². The lowest BCUT2D eigenvalue weighted by molar-refractivity contribution is 0.0697. The number of rotatable bonds is 4. The molecule has 20 heavy (non-hydrogen) atoms. The van der Waals surface area contributed by atoms with Crippen molar-refractivity contribution in [1.29, 1.82) is 0 Å². The minimum Gasteiger partial charge on any atom is -0.478 e. The molecule has 2 aromatic rings. The Morgan fingerprint density at radius 1 is 1.35 bits per heavy atom. The van der Waals surface area contributed by atoms with Gasteiger partial charge in [-0.1, -0.05) is 35.3 Å². The maximum atomic E-state index is 11.0. The number of halogens is 2. The number of hydrogen-bond acceptors (Lipinski definition) is 3. The van der Waals surface area contributed by atoms with Crippen LogP contribution in [-0.4, -0.2) is 16.1 Å². The molecule has 4 nitrogen and oxygen atoms in total. The highest BCUT2D eigenvalue weighted by Gasteiger charge is 2.15. The van der Waals surface area contributed by atoms with Gasteiger partial charge in [0.05, 0.1) is 16.6 Å². The number of nitrogens with zero attached hydrogens (tertiary/aromatic N) is 1. The van der Waals surface area contributed by atoms with Crippen LogP contribution in [-0.2, 0) is 0 Å². The number of carbonyl (C=O) groups is 1. The molecule has 6 heteroatoms. The maximum absolute atomic E-state index is 11.0. The molecule has 1 aromatic heterocycles. The molecule has 0 radical (unpaired) electrons. The summed E-state index contributed by atoms with van der Waals surface area (Å²) in [5.41, 5.74) is 0.971. The topological polar surface area (TPSA) is 62.2 Å². The van der Waals surface area contributed by atoms with Crippen LogP contribution in [0.5, 0.6) is 0 Å². The molecule has 1 unspecified atom stereocenters. The second kappa shape index (κ2) is 6.11. The van der Waals surface area contributed by atoms with Gasteiger partial charge < -0.3 is 10.4 Å². The van der Waals surface area contributed by atoms with Gasteiger partial charge in [-0.25, -0.2) is 9.78 Å². The third-order valence-corrected chi connectivity index (χ3v) is 3.44. The Morgan fingerprint density at radius 3 is 2.75 bits per heavy atom. The van der Waals surface area contributed by atoms with Crippen LogP contribution in [0.25, 0.3) is 0 Å². The highest BCUT2D eigenvalue weighted by molar-refractivity contribution is 6.35. The van der Waals surface area contributed by atoms with Crippen LogP contribution in [0.1, 0.15) is 28.9 Å². The van der Waals surface area contributed by atoms with E-state index in [0.29, 0.717) is 10.8 Å². The van der Waals surface area contributed by atoms with Gasteiger partial charge in [-0.15, -0.1) is 0 Å². The minimum atomic E-state index is -1.09. The van der Waals surface area contributed by atoms with Crippen molar-refractivity contribution in [2.24, 2.45) is 0 Å². The molecule has 0 aliphatic heterocycles. The van der Waals surface area contributed by atoms with Crippen molar-refractivity contribution in [3.63, 3.8) is 0 Å². The van der Waals surface area contributed by atoms with Gasteiger partial charge in [-0.2, -0.15) is 0 Å². The van der Waals surface area contributed by atoms with Crippen molar-refractivity contribution in [3.05, 3.63) is 57.7 Å². The number of carboxylic acid groups (broad SMARTS) is 1. The van der Waals surface area contributed by atoms with Gasteiger partial charge in [-0.3, -0.25) is 0 Å². The van der Waals surface area contributed by atoms with E-state index < -0.39 is 5.97 Å². The van der Waals surface area contributed by atoms with Crippen LogP contribution in [0.3, 0.4) is 0 Å². The first kappa shape index (κ1) is 14.6. The molecule has 2 rings (SSSR count). The summed E-state index contributed by atoms with van der Waals surface area (Å²) in [5.74, 6) is -0.755. The fourth-order valence-electron chi connectivity index (χ4n) is 1.77. The van der Waals surface area contributed by atoms with E-state index in [0.717, 1.165) is 5.56 Å². The zero-order valence-corrected chi connectivity index (χ0v) is 12.1. The van der Waals surface area contributed by atoms with Crippen molar-refractivity contribution in [2.75, 3.05) is 5.32 Å². The molecule has 0 saturated heterocycles. The van der Waals surface area contributed by atoms with E-state index in [2.05, 4.69) is 10.3 Å². The maximum Gasteiger partial charge on any atom is 0.337 e. The molecule has 1 atom stereocenters. The first-order valence-electron chi connectivity index (χ1n) is 5.89. The van der Waals surface area contributed by atoms with Gasteiger partial charge in [0.2, 0.25) is 0 Å². The number of aromatic carboxylic acids is 1. The monoisotopic (exact) mass is 310 g/mol. The zero-order valence-electron chi connectivity index (χ0n) is 10.6. The second-order valence-electron chi connectivity index (χ2n) is 4.25. The van der Waals surface area contributed by atoms with E-state index in [9.17, 15) is 4.79 Å². The number of hydrogen-bond donors (Lipinski definition) is 2. The van der Waals surface area contributed by atoms with Gasteiger partial charge >= 0.3 is 5.97 Å². The second-order valence-corrected chi connectivity index (χ2v) is 5.06. The van der Waals surface area contributed by atoms with E-state index in [1.54, 1.807) is 6.07 Å². The van der Waals surface area contributed by atoms with Crippen molar-refractivity contribution in [2.45, 2.75) is 13.0 Å². The highest BCUT2D eigenvalue weighted by atomic mass is 35.5. The van der Waals surface area contributed by atoms with Gasteiger partial charge in [0.15, 0.2) is 0 Å². The average Bonchev–Trinajstić information content (AvgIpc) is 2.40. The Hall–Kier alpha value is -1.78. The average molecular weight is 311 g/mol. The van der Waals surface area contributed by atoms with E-state index in [-0.39, 0.29) is 16.6 Å². The third kappa shape index (κ3) is 3.21. The van der Waals surface area contributed by atoms with Crippen LogP contribution in [0, 0.1) is 0 Å². The first-order chi connectivity index (χ1) is 9.49. The Balaban J connectivity index is 2.26. The first-order valence-corrected chi connectivity index (χ1v) is 6.64. The lowest BCUT2D eigenvalue weighted by Gasteiger charge is -2.16. The van der Waals surface area contributed by atoms with Gasteiger partial charge in [0, 0.05) is 11.2 Å². The summed E-state index contributed by atoms with van der Waals surface area (Å²) in [7, 11) is 0. The van der Waals surface area contributed by atoms with Crippen molar-refractivity contribution >= 4 is 35.0 Å². The molecule has 0 aliphatic carbocycles. The summed E-state index contributed by atoms with van der Waals surface area (Å²) in [5, 5.41) is 12.8. The molecular formula is C14H12Cl2N2O2. The van der Waals surface area contributed by atoms with Crippen LogP contribution < -0.4 is 5.32 Å². The summed E-state index contributed by atoms with van der Waals surface area (Å²) in [6.07, 6.45) is 1.41. The lowest BCUT2D eigenvalue weighted by Crippen LogP contribution is -2.10. The summed E-state index contributed by atoms with van der Waals surface area (Å²) in [6, 6.07) is 8.63. The van der Waals surface area contributed by atoms with E-state index >= 15 is 0 Å². The third-order valence-electron chi connectivity index (χ3n) is 2.82. The van der Waals surface area contributed by atoms with Gasteiger partial charge in [0.1, 0.15) is 5.82 Å². The summed E-state index contributed by atoms with van der Waals surface area (Å²) >= 11 is 12.0. The van der Waals surface area contributed by atoms with Crippen molar-refractivity contribution in [1.82, 2.24) is 4.98 Å². The van der Waals surface area contributed by atoms with Gasteiger partial charge in [0.25, 0.3) is 0 Å². The molecule has 0 bridgehead atoms. The Kier molecular flexibility index (Phi) is 4.47. The molecule has 0 spiro atoms. The lowest BCUT2D eigenvalue weighted by atomic mass is 10.1. The SMILES string of the molecule is CC(Nc1nccc(C(=O)O)c1Cl)c1cccc(Cl)c1. The Morgan fingerprint density at radius 2 is 2.10 bits per heavy atom. The van der Waals surface area contributed by atoms with Crippen LogP contribution in [0.15, 0.2) is 36.5 Å². The Labute approximate surface area is 126 Å². The molecule has 104 valence electrons. The van der Waals surface area contributed by atoms with Gasteiger partial charge in [-0.05, 0) is 30.7 Å². The molecule has 0 fully saturated rings. The molecule has 1 aromatic carbocycles. The van der Waals surface area contributed by atoms with Crippen LogP contribution in [0.2, 0.25) is 10.0 Å². The molecule has 2 N–H and O–H groups in total. The quantitative estimate of drug-likeness (QED) is 0.885. The predicted octanol–water partition coefficient (Wildman–Crippen LogP) is 4.26. The number of carboxylic acids is 1. The van der Waals surface area contributed by atoms with E-state index in [4.69, 9.17) is 28.3 Å². The van der Waals surface area contributed by atoms with E-state index in [1.807, 2.05) is 25.1 Å². The molecule has 0 saturated carbocycles. The molecule has 0 amide bonds. The number of nitrogens with one attached hydrogen (secondary N) is 1. The summed E-state index contributed by atoms with van der Waals surface area (Å²) in [6.45, 7) is 1.91. The minimum absolute atomic E-state index is 0.0162. The number of anilines is 1. The Bertz CT molecular complexity index is 647. The largest absolute Gasteiger partial charge is 0.478 e. The standard InChI is InChI=1S/C14H12Cl2N2O2/c1-8(9-3-2-4-10(15)7-9)18-13-12(16)11(14(19)20)5-6-17-13/h2-8H,1H3,(H,17,18)(H,19,20). The molecule has 0 aliphatic rings. The fraction of sp³-hybridized carbons (Fsp3) is 0.143.